The van der Waals surface area contributed by atoms with Gasteiger partial charge >= 0.3 is 0 Å². The number of hydrogen-bond donors (Lipinski definition) is 1. The third-order valence-electron chi connectivity index (χ3n) is 4.16. The molecule has 0 aliphatic carbocycles. The summed E-state index contributed by atoms with van der Waals surface area (Å²) in [5.74, 6) is 0.717. The van der Waals surface area contributed by atoms with Crippen molar-refractivity contribution in [3.05, 3.63) is 59.9 Å². The van der Waals surface area contributed by atoms with Crippen molar-refractivity contribution in [3.8, 4) is 0 Å². The van der Waals surface area contributed by atoms with Gasteiger partial charge in [-0.25, -0.2) is 4.98 Å². The Labute approximate surface area is 157 Å². The molecule has 0 radical (unpaired) electrons. The maximum atomic E-state index is 12.6. The van der Waals surface area contributed by atoms with Gasteiger partial charge < -0.3 is 10.2 Å². The molecule has 6 heteroatoms. The van der Waals surface area contributed by atoms with Gasteiger partial charge in [0.15, 0.2) is 0 Å². The van der Waals surface area contributed by atoms with E-state index in [9.17, 15) is 9.59 Å². The van der Waals surface area contributed by atoms with Crippen molar-refractivity contribution < 1.29 is 9.59 Å². The zero-order valence-electron chi connectivity index (χ0n) is 14.8. The summed E-state index contributed by atoms with van der Waals surface area (Å²) < 4.78 is 0. The molecule has 26 heavy (non-hydrogen) atoms. The van der Waals surface area contributed by atoms with Gasteiger partial charge in [-0.15, -0.1) is 11.8 Å². The minimum absolute atomic E-state index is 0.0869. The lowest BCUT2D eigenvalue weighted by Gasteiger charge is -2.32. The van der Waals surface area contributed by atoms with Crippen LogP contribution in [-0.2, 0) is 9.59 Å². The molecule has 0 bridgehead atoms. The molecule has 134 valence electrons. The Morgan fingerprint density at radius 3 is 2.73 bits per heavy atom. The van der Waals surface area contributed by atoms with Crippen LogP contribution in [0.2, 0.25) is 0 Å². The standard InChI is InChI=1S/C20H21N3O2S/c1-3-26-20-9-8-16(13-21-20)22-19(25)12-18-17-7-5-4-6-15(17)10-11-23(18)14(2)24/h4-11,13,18H,3,12H2,1-2H3,(H,22,25)/t18-/m1/s1. The number of pyridine rings is 1. The van der Waals surface area contributed by atoms with Crippen LogP contribution in [0, 0.1) is 0 Å². The fraction of sp³-hybridized carbons (Fsp3) is 0.250. The van der Waals surface area contributed by atoms with E-state index in [1.165, 1.54) is 6.92 Å². The molecule has 2 aromatic rings. The van der Waals surface area contributed by atoms with Crippen LogP contribution >= 0.6 is 11.8 Å². The molecule has 1 N–H and O–H groups in total. The molecule has 1 aromatic carbocycles. The molecule has 0 unspecified atom stereocenters. The fourth-order valence-electron chi connectivity index (χ4n) is 2.99. The van der Waals surface area contributed by atoms with Gasteiger partial charge in [0.05, 0.1) is 29.4 Å². The molecule has 0 fully saturated rings. The highest BCUT2D eigenvalue weighted by atomic mass is 32.2. The average Bonchev–Trinajstić information content (AvgIpc) is 2.63. The van der Waals surface area contributed by atoms with E-state index < -0.39 is 0 Å². The second kappa shape index (κ2) is 8.19. The van der Waals surface area contributed by atoms with Crippen molar-refractivity contribution in [3.63, 3.8) is 0 Å². The Bertz CT molecular complexity index is 833. The first-order chi connectivity index (χ1) is 12.6. The van der Waals surface area contributed by atoms with Gasteiger partial charge in [-0.1, -0.05) is 31.2 Å². The second-order valence-electron chi connectivity index (χ2n) is 5.96. The van der Waals surface area contributed by atoms with Crippen LogP contribution in [0.15, 0.2) is 53.8 Å². The smallest absolute Gasteiger partial charge is 0.226 e. The number of amides is 2. The van der Waals surface area contributed by atoms with Crippen LogP contribution in [0.5, 0.6) is 0 Å². The maximum Gasteiger partial charge on any atom is 0.226 e. The van der Waals surface area contributed by atoms with Crippen molar-refractivity contribution in [2.75, 3.05) is 11.1 Å². The average molecular weight is 367 g/mol. The summed E-state index contributed by atoms with van der Waals surface area (Å²) in [6, 6.07) is 11.3. The number of aromatic nitrogens is 1. The van der Waals surface area contributed by atoms with E-state index in [4.69, 9.17) is 0 Å². The number of rotatable bonds is 5. The zero-order chi connectivity index (χ0) is 18.5. The molecular formula is C20H21N3O2S. The molecule has 2 amide bonds. The fourth-order valence-corrected chi connectivity index (χ4v) is 3.58. The number of nitrogens with zero attached hydrogens (tertiary/aromatic N) is 2. The molecule has 1 aliphatic rings. The van der Waals surface area contributed by atoms with Crippen molar-refractivity contribution >= 4 is 35.3 Å². The van der Waals surface area contributed by atoms with E-state index in [1.54, 1.807) is 29.1 Å². The summed E-state index contributed by atoms with van der Waals surface area (Å²) in [5.41, 5.74) is 2.67. The number of nitrogens with one attached hydrogen (secondary N) is 1. The summed E-state index contributed by atoms with van der Waals surface area (Å²) >= 11 is 1.65. The van der Waals surface area contributed by atoms with Gasteiger partial charge in [0.2, 0.25) is 11.8 Å². The van der Waals surface area contributed by atoms with E-state index in [0.29, 0.717) is 5.69 Å². The minimum Gasteiger partial charge on any atom is -0.325 e. The van der Waals surface area contributed by atoms with Crippen molar-refractivity contribution in [1.82, 2.24) is 9.88 Å². The first-order valence-electron chi connectivity index (χ1n) is 8.53. The Morgan fingerprint density at radius 1 is 1.23 bits per heavy atom. The third kappa shape index (κ3) is 4.14. The first kappa shape index (κ1) is 18.2. The SMILES string of the molecule is CCSc1ccc(NC(=O)C[C@@H]2c3ccccc3C=CN2C(C)=O)cn1. The van der Waals surface area contributed by atoms with Crippen LogP contribution in [0.25, 0.3) is 6.08 Å². The molecule has 1 aliphatic heterocycles. The number of hydrogen-bond acceptors (Lipinski definition) is 4. The lowest BCUT2D eigenvalue weighted by molar-refractivity contribution is -0.129. The van der Waals surface area contributed by atoms with E-state index in [-0.39, 0.29) is 24.3 Å². The lowest BCUT2D eigenvalue weighted by atomic mass is 9.93. The number of anilines is 1. The number of benzene rings is 1. The number of carbonyl (C=O) groups excluding carboxylic acids is 2. The number of fused-ring (bicyclic) bond motifs is 1. The number of carbonyl (C=O) groups is 2. The maximum absolute atomic E-state index is 12.6. The topological polar surface area (TPSA) is 62.3 Å². The lowest BCUT2D eigenvalue weighted by Crippen LogP contribution is -2.33. The highest BCUT2D eigenvalue weighted by molar-refractivity contribution is 7.99. The summed E-state index contributed by atoms with van der Waals surface area (Å²) in [4.78, 5) is 30.5. The van der Waals surface area contributed by atoms with Gasteiger partial charge in [0.25, 0.3) is 0 Å². The highest BCUT2D eigenvalue weighted by Crippen LogP contribution is 2.33. The quantitative estimate of drug-likeness (QED) is 0.809. The Hall–Kier alpha value is -2.60. The second-order valence-corrected chi connectivity index (χ2v) is 7.24. The minimum atomic E-state index is -0.309. The predicted molar refractivity (Wildman–Crippen MR) is 105 cm³/mol. The predicted octanol–water partition coefficient (Wildman–Crippen LogP) is 4.10. The molecular weight excluding hydrogens is 346 g/mol. The monoisotopic (exact) mass is 367 g/mol. The van der Waals surface area contributed by atoms with Gasteiger partial charge in [0, 0.05) is 13.1 Å². The van der Waals surface area contributed by atoms with E-state index in [1.807, 2.05) is 42.5 Å². The van der Waals surface area contributed by atoms with Crippen LogP contribution in [0.4, 0.5) is 5.69 Å². The molecule has 0 saturated heterocycles. The Kier molecular flexibility index (Phi) is 5.73. The van der Waals surface area contributed by atoms with Crippen molar-refractivity contribution in [1.29, 1.82) is 0 Å². The largest absolute Gasteiger partial charge is 0.325 e. The molecule has 0 spiro atoms. The van der Waals surface area contributed by atoms with Gasteiger partial charge in [-0.2, -0.15) is 0 Å². The van der Waals surface area contributed by atoms with Crippen LogP contribution < -0.4 is 5.32 Å². The Balaban J connectivity index is 1.74. The van der Waals surface area contributed by atoms with Crippen LogP contribution in [-0.4, -0.2) is 27.5 Å². The van der Waals surface area contributed by atoms with Crippen molar-refractivity contribution in [2.45, 2.75) is 31.3 Å². The van der Waals surface area contributed by atoms with Gasteiger partial charge in [0.1, 0.15) is 0 Å². The van der Waals surface area contributed by atoms with Crippen LogP contribution in [0.1, 0.15) is 37.4 Å². The zero-order valence-corrected chi connectivity index (χ0v) is 15.6. The van der Waals surface area contributed by atoms with E-state index in [2.05, 4.69) is 17.2 Å². The summed E-state index contributed by atoms with van der Waals surface area (Å²) in [7, 11) is 0. The highest BCUT2D eigenvalue weighted by Gasteiger charge is 2.28. The Morgan fingerprint density at radius 2 is 2.04 bits per heavy atom. The molecule has 0 saturated carbocycles. The molecule has 1 atom stereocenters. The third-order valence-corrected chi connectivity index (χ3v) is 4.99. The molecule has 3 rings (SSSR count). The molecule has 2 heterocycles. The number of thioether (sulfide) groups is 1. The van der Waals surface area contributed by atoms with E-state index >= 15 is 0 Å². The summed E-state index contributed by atoms with van der Waals surface area (Å²) in [6.07, 6.45) is 5.50. The summed E-state index contributed by atoms with van der Waals surface area (Å²) in [6.45, 7) is 3.58. The van der Waals surface area contributed by atoms with Crippen molar-refractivity contribution in [2.24, 2.45) is 0 Å². The van der Waals surface area contributed by atoms with Gasteiger partial charge in [-0.3, -0.25) is 9.59 Å². The summed E-state index contributed by atoms with van der Waals surface area (Å²) in [5, 5.41) is 3.81. The first-order valence-corrected chi connectivity index (χ1v) is 9.51. The molecule has 1 aromatic heterocycles. The normalized spacial score (nSPS) is 15.5. The van der Waals surface area contributed by atoms with Crippen LogP contribution in [0.3, 0.4) is 0 Å². The molecule has 5 nitrogen and oxygen atoms in total. The van der Waals surface area contributed by atoms with Gasteiger partial charge in [-0.05, 0) is 35.1 Å². The van der Waals surface area contributed by atoms with E-state index in [0.717, 1.165) is 21.9 Å².